The summed E-state index contributed by atoms with van der Waals surface area (Å²) in [5, 5.41) is 5.00. The Balaban J connectivity index is 1.13. The van der Waals surface area contributed by atoms with Crippen molar-refractivity contribution in [2.75, 3.05) is 0 Å². The van der Waals surface area contributed by atoms with Crippen LogP contribution < -0.4 is 0 Å². The van der Waals surface area contributed by atoms with Crippen LogP contribution in [0.4, 0.5) is 0 Å². The zero-order chi connectivity index (χ0) is 35.6. The highest BCUT2D eigenvalue weighted by Gasteiger charge is 2.20. The minimum Gasteiger partial charge on any atom is -0.456 e. The van der Waals surface area contributed by atoms with Gasteiger partial charge >= 0.3 is 0 Å². The first-order chi connectivity index (χ1) is 26.7. The Kier molecular flexibility index (Phi) is 6.75. The Morgan fingerprint density at radius 1 is 0.333 bits per heavy atom. The molecule has 4 heterocycles. The zero-order valence-electron chi connectivity index (χ0n) is 28.8. The number of hydrogen-bond acceptors (Lipinski definition) is 6. The molecule has 54 heavy (non-hydrogen) atoms. The van der Waals surface area contributed by atoms with Crippen LogP contribution in [0.2, 0.25) is 0 Å². The highest BCUT2D eigenvalue weighted by molar-refractivity contribution is 6.16. The van der Waals surface area contributed by atoms with Crippen LogP contribution in [0, 0.1) is 0 Å². The molecule has 0 saturated carbocycles. The fourth-order valence-corrected chi connectivity index (χ4v) is 7.59. The smallest absolute Gasteiger partial charge is 0.164 e. The summed E-state index contributed by atoms with van der Waals surface area (Å²) >= 11 is 0. The number of hydrogen-bond donors (Lipinski definition) is 0. The third kappa shape index (κ3) is 4.89. The van der Waals surface area contributed by atoms with Crippen molar-refractivity contribution in [2.45, 2.75) is 0 Å². The molecule has 0 bridgehead atoms. The molecule has 0 aliphatic carbocycles. The number of benzene rings is 7. The second-order valence-corrected chi connectivity index (χ2v) is 13.4. The maximum absolute atomic E-state index is 6.35. The number of aromatic nitrogens is 4. The molecule has 0 fully saturated rings. The molecule has 0 N–H and O–H groups in total. The Morgan fingerprint density at radius 3 is 1.65 bits per heavy atom. The SMILES string of the molecule is c1ccc(-c2cccc(-c3nc(-c4cccc(-c5nc6c7ccccc7oc6c6ccccc56)c4)nc(-c4cccc5oc6ccccc6c45)n3)c2)cc1. The highest BCUT2D eigenvalue weighted by atomic mass is 16.3. The number of rotatable bonds is 5. The minimum atomic E-state index is 0.561. The van der Waals surface area contributed by atoms with Crippen molar-refractivity contribution in [1.29, 1.82) is 0 Å². The summed E-state index contributed by atoms with van der Waals surface area (Å²) in [5.41, 5.74) is 10.7. The number of nitrogens with zero attached hydrogens (tertiary/aromatic N) is 4. The van der Waals surface area contributed by atoms with Crippen molar-refractivity contribution in [1.82, 2.24) is 19.9 Å². The predicted octanol–water partition coefficient (Wildman–Crippen LogP) is 12.6. The number of para-hydroxylation sites is 2. The van der Waals surface area contributed by atoms with Crippen molar-refractivity contribution >= 4 is 54.8 Å². The lowest BCUT2D eigenvalue weighted by Gasteiger charge is -2.12. The maximum Gasteiger partial charge on any atom is 0.164 e. The average Bonchev–Trinajstić information content (AvgIpc) is 3.82. The van der Waals surface area contributed by atoms with Crippen LogP contribution in [-0.4, -0.2) is 19.9 Å². The van der Waals surface area contributed by atoms with Gasteiger partial charge in [-0.2, -0.15) is 0 Å². The van der Waals surface area contributed by atoms with Crippen LogP contribution in [-0.2, 0) is 0 Å². The van der Waals surface area contributed by atoms with Crippen molar-refractivity contribution in [3.8, 4) is 56.5 Å². The lowest BCUT2D eigenvalue weighted by atomic mass is 10.0. The third-order valence-corrected chi connectivity index (χ3v) is 10.1. The normalized spacial score (nSPS) is 11.7. The van der Waals surface area contributed by atoms with Crippen molar-refractivity contribution < 1.29 is 8.83 Å². The molecular formula is C48H28N4O2. The third-order valence-electron chi connectivity index (χ3n) is 10.1. The van der Waals surface area contributed by atoms with E-state index in [1.54, 1.807) is 0 Å². The van der Waals surface area contributed by atoms with Gasteiger partial charge in [-0.25, -0.2) is 19.9 Å². The Hall–Kier alpha value is -7.44. The number of furan rings is 2. The Labute approximate surface area is 309 Å². The molecule has 4 aromatic heterocycles. The van der Waals surface area contributed by atoms with E-state index in [9.17, 15) is 0 Å². The average molecular weight is 693 g/mol. The Bertz CT molecular complexity index is 3240. The molecule has 0 radical (unpaired) electrons. The van der Waals surface area contributed by atoms with Crippen molar-refractivity contribution in [3.05, 3.63) is 170 Å². The van der Waals surface area contributed by atoms with Gasteiger partial charge in [-0.3, -0.25) is 0 Å². The molecule has 7 aromatic carbocycles. The summed E-state index contributed by atoms with van der Waals surface area (Å²) in [4.78, 5) is 20.8. The monoisotopic (exact) mass is 692 g/mol. The first-order valence-corrected chi connectivity index (χ1v) is 17.9. The number of pyridine rings is 1. The van der Waals surface area contributed by atoms with E-state index >= 15 is 0 Å². The second kappa shape index (κ2) is 12.1. The summed E-state index contributed by atoms with van der Waals surface area (Å²) in [5.74, 6) is 1.71. The largest absolute Gasteiger partial charge is 0.456 e. The van der Waals surface area contributed by atoms with E-state index in [-0.39, 0.29) is 0 Å². The zero-order valence-corrected chi connectivity index (χ0v) is 28.8. The van der Waals surface area contributed by atoms with Gasteiger partial charge in [0, 0.05) is 49.2 Å². The summed E-state index contributed by atoms with van der Waals surface area (Å²) in [6.07, 6.45) is 0. The lowest BCUT2D eigenvalue weighted by molar-refractivity contribution is 0.669. The summed E-state index contributed by atoms with van der Waals surface area (Å²) in [6, 6.07) is 57.5. The van der Waals surface area contributed by atoms with E-state index in [2.05, 4.69) is 97.1 Å². The predicted molar refractivity (Wildman–Crippen MR) is 217 cm³/mol. The van der Waals surface area contributed by atoms with E-state index in [0.717, 1.165) is 93.9 Å². The molecule has 11 rings (SSSR count). The Morgan fingerprint density at radius 2 is 0.870 bits per heavy atom. The van der Waals surface area contributed by atoms with Gasteiger partial charge in [-0.05, 0) is 47.5 Å². The van der Waals surface area contributed by atoms with E-state index in [4.69, 9.17) is 28.8 Å². The lowest BCUT2D eigenvalue weighted by Crippen LogP contribution is -2.01. The standard InChI is InChI=1S/C48H28N4O2/c1-2-13-29(14-3-1)30-15-10-17-32(27-30)46-50-47(52-48(51-46)38-23-12-26-41-42(38)36-21-6-8-24-39(36)53-41)33-18-11-16-31(28-33)43-34-19-4-5-20-35(34)45-44(49-43)37-22-7-9-25-40(37)54-45/h1-28H. The minimum absolute atomic E-state index is 0.561. The molecule has 252 valence electrons. The van der Waals surface area contributed by atoms with Crippen molar-refractivity contribution in [3.63, 3.8) is 0 Å². The van der Waals surface area contributed by atoms with Crippen LogP contribution in [0.3, 0.4) is 0 Å². The molecule has 0 unspecified atom stereocenters. The van der Waals surface area contributed by atoms with Gasteiger partial charge in [0.15, 0.2) is 23.1 Å². The van der Waals surface area contributed by atoms with Crippen LogP contribution in [0.1, 0.15) is 0 Å². The topological polar surface area (TPSA) is 77.8 Å². The molecule has 6 nitrogen and oxygen atoms in total. The summed E-state index contributed by atoms with van der Waals surface area (Å²) < 4.78 is 12.6. The van der Waals surface area contributed by atoms with Gasteiger partial charge < -0.3 is 8.83 Å². The molecule has 0 spiro atoms. The summed E-state index contributed by atoms with van der Waals surface area (Å²) in [7, 11) is 0. The van der Waals surface area contributed by atoms with E-state index in [1.165, 1.54) is 0 Å². The van der Waals surface area contributed by atoms with Crippen LogP contribution in [0.5, 0.6) is 0 Å². The van der Waals surface area contributed by atoms with Gasteiger partial charge in [0.2, 0.25) is 0 Å². The van der Waals surface area contributed by atoms with Gasteiger partial charge in [-0.1, -0.05) is 133 Å². The fraction of sp³-hybridized carbons (Fsp3) is 0. The molecule has 11 aromatic rings. The quantitative estimate of drug-likeness (QED) is 0.179. The fourth-order valence-electron chi connectivity index (χ4n) is 7.59. The van der Waals surface area contributed by atoms with E-state index in [0.29, 0.717) is 17.5 Å². The molecular weight excluding hydrogens is 665 g/mol. The van der Waals surface area contributed by atoms with Crippen molar-refractivity contribution in [2.24, 2.45) is 0 Å². The first kappa shape index (κ1) is 30.2. The molecule has 0 amide bonds. The molecule has 0 aliphatic rings. The van der Waals surface area contributed by atoms with Crippen LogP contribution in [0.15, 0.2) is 179 Å². The molecule has 0 saturated heterocycles. The van der Waals surface area contributed by atoms with Crippen LogP contribution in [0.25, 0.3) is 111 Å². The maximum atomic E-state index is 6.35. The van der Waals surface area contributed by atoms with Gasteiger partial charge in [0.05, 0.1) is 5.69 Å². The highest BCUT2D eigenvalue weighted by Crippen LogP contribution is 2.40. The molecule has 0 aliphatic heterocycles. The van der Waals surface area contributed by atoms with E-state index < -0.39 is 0 Å². The molecule has 0 atom stereocenters. The van der Waals surface area contributed by atoms with Gasteiger partial charge in [-0.15, -0.1) is 0 Å². The number of fused-ring (bicyclic) bond motifs is 8. The summed E-state index contributed by atoms with van der Waals surface area (Å²) in [6.45, 7) is 0. The van der Waals surface area contributed by atoms with Gasteiger partial charge in [0.25, 0.3) is 0 Å². The van der Waals surface area contributed by atoms with E-state index in [1.807, 2.05) is 72.8 Å². The second-order valence-electron chi connectivity index (χ2n) is 13.4. The molecule has 6 heteroatoms. The van der Waals surface area contributed by atoms with Gasteiger partial charge in [0.1, 0.15) is 22.3 Å². The van der Waals surface area contributed by atoms with Crippen LogP contribution >= 0.6 is 0 Å². The first-order valence-electron chi connectivity index (χ1n) is 17.9.